The van der Waals surface area contributed by atoms with Crippen molar-refractivity contribution in [2.75, 3.05) is 5.32 Å². The fourth-order valence-electron chi connectivity index (χ4n) is 2.84. The van der Waals surface area contributed by atoms with Gasteiger partial charge in [0, 0.05) is 30.4 Å². The summed E-state index contributed by atoms with van der Waals surface area (Å²) in [5.41, 5.74) is 1.86. The summed E-state index contributed by atoms with van der Waals surface area (Å²) in [6.45, 7) is 2.01. The van der Waals surface area contributed by atoms with E-state index in [1.54, 1.807) is 23.1 Å². The Morgan fingerprint density at radius 3 is 2.74 bits per heavy atom. The summed E-state index contributed by atoms with van der Waals surface area (Å²) in [6.07, 6.45) is 7.13. The highest BCUT2D eigenvalue weighted by atomic mass is 35.5. The summed E-state index contributed by atoms with van der Waals surface area (Å²) in [6, 6.07) is 11.5. The number of benzene rings is 1. The van der Waals surface area contributed by atoms with Crippen molar-refractivity contribution in [3.63, 3.8) is 0 Å². The van der Waals surface area contributed by atoms with Gasteiger partial charge in [0.2, 0.25) is 0 Å². The summed E-state index contributed by atoms with van der Waals surface area (Å²) in [7, 11) is 1.89. The van der Waals surface area contributed by atoms with E-state index in [-0.39, 0.29) is 6.10 Å². The second kappa shape index (κ2) is 7.25. The predicted molar refractivity (Wildman–Crippen MR) is 107 cm³/mol. The van der Waals surface area contributed by atoms with Crippen LogP contribution in [0.15, 0.2) is 61.2 Å². The van der Waals surface area contributed by atoms with Gasteiger partial charge >= 0.3 is 0 Å². The van der Waals surface area contributed by atoms with Gasteiger partial charge in [-0.05, 0) is 48.7 Å². The molecule has 1 N–H and O–H groups in total. The molecule has 27 heavy (non-hydrogen) atoms. The molecule has 0 aliphatic carbocycles. The summed E-state index contributed by atoms with van der Waals surface area (Å²) in [5.74, 6) is 1.55. The number of pyridine rings is 2. The second-order valence-corrected chi connectivity index (χ2v) is 6.63. The molecular formula is C20H18ClN5O. The Kier molecular flexibility index (Phi) is 4.64. The van der Waals surface area contributed by atoms with Crippen molar-refractivity contribution in [3.05, 3.63) is 71.9 Å². The number of nitrogens with zero attached hydrogens (tertiary/aromatic N) is 4. The average Bonchev–Trinajstić information content (AvgIpc) is 3.10. The molecule has 1 atom stereocenters. The molecule has 0 fully saturated rings. The van der Waals surface area contributed by atoms with Crippen LogP contribution in [0.4, 0.5) is 11.5 Å². The lowest BCUT2D eigenvalue weighted by molar-refractivity contribution is 0.227. The maximum absolute atomic E-state index is 6.07. The Bertz CT molecular complexity index is 1080. The molecule has 3 heterocycles. The molecular weight excluding hydrogens is 362 g/mol. The molecule has 7 heteroatoms. The van der Waals surface area contributed by atoms with E-state index in [4.69, 9.17) is 16.3 Å². The van der Waals surface area contributed by atoms with E-state index in [0.29, 0.717) is 5.15 Å². The van der Waals surface area contributed by atoms with Crippen LogP contribution in [-0.4, -0.2) is 19.7 Å². The van der Waals surface area contributed by atoms with Gasteiger partial charge in [-0.3, -0.25) is 4.68 Å². The molecule has 0 aliphatic rings. The minimum absolute atomic E-state index is 0.0873. The van der Waals surface area contributed by atoms with Gasteiger partial charge in [0.1, 0.15) is 22.8 Å². The SMILES string of the molecule is CC(Oc1ccc2c(Nc3ccc(Cl)nc3)nccc2c1)c1cnn(C)c1. The van der Waals surface area contributed by atoms with Gasteiger partial charge in [0.15, 0.2) is 0 Å². The number of halogens is 1. The lowest BCUT2D eigenvalue weighted by Gasteiger charge is -2.14. The topological polar surface area (TPSA) is 64.9 Å². The van der Waals surface area contributed by atoms with Crippen LogP contribution in [0.5, 0.6) is 5.75 Å². The summed E-state index contributed by atoms with van der Waals surface area (Å²) in [5, 5.41) is 9.95. The van der Waals surface area contributed by atoms with Gasteiger partial charge < -0.3 is 10.1 Å². The zero-order chi connectivity index (χ0) is 18.8. The van der Waals surface area contributed by atoms with Gasteiger partial charge in [-0.15, -0.1) is 0 Å². The first-order valence-electron chi connectivity index (χ1n) is 8.51. The van der Waals surface area contributed by atoms with Gasteiger partial charge in [-0.1, -0.05) is 11.6 Å². The van der Waals surface area contributed by atoms with Gasteiger partial charge in [-0.2, -0.15) is 5.10 Å². The quantitative estimate of drug-likeness (QED) is 0.499. The van der Waals surface area contributed by atoms with E-state index < -0.39 is 0 Å². The number of hydrogen-bond acceptors (Lipinski definition) is 5. The normalized spacial score (nSPS) is 12.1. The highest BCUT2D eigenvalue weighted by Gasteiger charge is 2.11. The molecule has 0 spiro atoms. The van der Waals surface area contributed by atoms with Crippen molar-refractivity contribution in [1.29, 1.82) is 0 Å². The average molecular weight is 380 g/mol. The second-order valence-electron chi connectivity index (χ2n) is 6.24. The van der Waals surface area contributed by atoms with Crippen LogP contribution < -0.4 is 10.1 Å². The molecule has 136 valence electrons. The Morgan fingerprint density at radius 2 is 2.00 bits per heavy atom. The molecule has 4 aromatic rings. The standard InChI is InChI=1S/C20H18ClN5O/c1-13(15-10-24-26(2)12-15)27-17-4-5-18-14(9-17)7-8-22-20(18)25-16-3-6-19(21)23-11-16/h3-13H,1-2H3,(H,22,25). The number of rotatable bonds is 5. The third-order valence-electron chi connectivity index (χ3n) is 4.23. The fraction of sp³-hybridized carbons (Fsp3) is 0.150. The van der Waals surface area contributed by atoms with Crippen LogP contribution in [0.2, 0.25) is 5.15 Å². The molecule has 0 saturated carbocycles. The first kappa shape index (κ1) is 17.3. The zero-order valence-electron chi connectivity index (χ0n) is 14.9. The highest BCUT2D eigenvalue weighted by molar-refractivity contribution is 6.29. The van der Waals surface area contributed by atoms with Crippen molar-refractivity contribution in [1.82, 2.24) is 19.7 Å². The number of fused-ring (bicyclic) bond motifs is 1. The van der Waals surface area contributed by atoms with E-state index in [9.17, 15) is 0 Å². The molecule has 0 radical (unpaired) electrons. The number of aryl methyl sites for hydroxylation is 1. The van der Waals surface area contributed by atoms with Crippen LogP contribution in [-0.2, 0) is 7.05 Å². The van der Waals surface area contributed by atoms with Crippen molar-refractivity contribution in [2.24, 2.45) is 7.05 Å². The lowest BCUT2D eigenvalue weighted by Crippen LogP contribution is -2.02. The van der Waals surface area contributed by atoms with E-state index in [0.717, 1.165) is 33.6 Å². The van der Waals surface area contributed by atoms with Gasteiger partial charge in [-0.25, -0.2) is 9.97 Å². The minimum atomic E-state index is -0.0873. The summed E-state index contributed by atoms with van der Waals surface area (Å²) in [4.78, 5) is 8.52. The monoisotopic (exact) mass is 379 g/mol. The first-order valence-corrected chi connectivity index (χ1v) is 8.89. The molecule has 3 aromatic heterocycles. The van der Waals surface area contributed by atoms with Crippen LogP contribution in [0.25, 0.3) is 10.8 Å². The molecule has 0 saturated heterocycles. The van der Waals surface area contributed by atoms with Crippen molar-refractivity contribution in [2.45, 2.75) is 13.0 Å². The van der Waals surface area contributed by atoms with Crippen LogP contribution in [0, 0.1) is 0 Å². The zero-order valence-corrected chi connectivity index (χ0v) is 15.7. The number of aromatic nitrogens is 4. The number of nitrogens with one attached hydrogen (secondary N) is 1. The smallest absolute Gasteiger partial charge is 0.138 e. The molecule has 0 bridgehead atoms. The van der Waals surface area contributed by atoms with Crippen molar-refractivity contribution < 1.29 is 4.74 Å². The maximum atomic E-state index is 6.07. The summed E-state index contributed by atoms with van der Waals surface area (Å²) >= 11 is 5.84. The van der Waals surface area contributed by atoms with Gasteiger partial charge in [0.05, 0.1) is 18.1 Å². The fourth-order valence-corrected chi connectivity index (χ4v) is 2.95. The van der Waals surface area contributed by atoms with Gasteiger partial charge in [0.25, 0.3) is 0 Å². The molecule has 4 rings (SSSR count). The van der Waals surface area contributed by atoms with Crippen LogP contribution >= 0.6 is 11.6 Å². The third kappa shape index (κ3) is 3.85. The van der Waals surface area contributed by atoms with Crippen LogP contribution in [0.1, 0.15) is 18.6 Å². The maximum Gasteiger partial charge on any atom is 0.138 e. The first-order chi connectivity index (χ1) is 13.1. The Labute approximate surface area is 161 Å². The molecule has 1 unspecified atom stereocenters. The lowest BCUT2D eigenvalue weighted by atomic mass is 10.1. The number of anilines is 2. The number of ether oxygens (including phenoxy) is 1. The number of hydrogen-bond donors (Lipinski definition) is 1. The van der Waals surface area contributed by atoms with Crippen molar-refractivity contribution >= 4 is 33.9 Å². The third-order valence-corrected chi connectivity index (χ3v) is 4.46. The van der Waals surface area contributed by atoms with E-state index >= 15 is 0 Å². The Hall–Kier alpha value is -3.12. The van der Waals surface area contributed by atoms with E-state index in [1.165, 1.54) is 0 Å². The summed E-state index contributed by atoms with van der Waals surface area (Å²) < 4.78 is 7.84. The Morgan fingerprint density at radius 1 is 1.11 bits per heavy atom. The molecule has 1 aromatic carbocycles. The highest BCUT2D eigenvalue weighted by Crippen LogP contribution is 2.29. The largest absolute Gasteiger partial charge is 0.486 e. The minimum Gasteiger partial charge on any atom is -0.486 e. The molecule has 0 aliphatic heterocycles. The molecule has 6 nitrogen and oxygen atoms in total. The Balaban J connectivity index is 1.58. The molecule has 0 amide bonds. The predicted octanol–water partition coefficient (Wildman–Crippen LogP) is 4.90. The van der Waals surface area contributed by atoms with E-state index in [1.807, 2.05) is 56.7 Å². The van der Waals surface area contributed by atoms with Crippen LogP contribution in [0.3, 0.4) is 0 Å². The van der Waals surface area contributed by atoms with E-state index in [2.05, 4.69) is 20.4 Å². The van der Waals surface area contributed by atoms with Crippen molar-refractivity contribution in [3.8, 4) is 5.75 Å².